The van der Waals surface area contributed by atoms with Gasteiger partial charge in [-0.05, 0) is 25.7 Å². The molecular weight excluding hydrogens is 230 g/mol. The van der Waals surface area contributed by atoms with E-state index in [0.717, 1.165) is 11.6 Å². The zero-order chi connectivity index (χ0) is 10.9. The van der Waals surface area contributed by atoms with Gasteiger partial charge in [-0.2, -0.15) is 5.26 Å². The van der Waals surface area contributed by atoms with Gasteiger partial charge in [0.2, 0.25) is 0 Å². The molecule has 3 nitrogen and oxygen atoms in total. The van der Waals surface area contributed by atoms with Crippen LogP contribution in [-0.2, 0) is 0 Å². The summed E-state index contributed by atoms with van der Waals surface area (Å²) in [5, 5.41) is 13.3. The highest BCUT2D eigenvalue weighted by molar-refractivity contribution is 7.16. The zero-order valence-electron chi connectivity index (χ0n) is 8.51. The highest BCUT2D eigenvalue weighted by Crippen LogP contribution is 2.39. The van der Waals surface area contributed by atoms with Gasteiger partial charge in [-0.25, -0.2) is 4.98 Å². The van der Waals surface area contributed by atoms with Crippen LogP contribution in [0.15, 0.2) is 0 Å². The first-order valence-corrected chi connectivity index (χ1v) is 6.23. The number of nitriles is 1. The maximum atomic E-state index is 8.77. The second-order valence-electron chi connectivity index (χ2n) is 3.86. The Morgan fingerprint density at radius 2 is 2.40 bits per heavy atom. The molecule has 0 radical (unpaired) electrons. The Labute approximate surface area is 98.1 Å². The average molecular weight is 242 g/mol. The first kappa shape index (κ1) is 10.7. The van der Waals surface area contributed by atoms with Gasteiger partial charge in [-0.1, -0.05) is 29.9 Å². The molecule has 1 saturated carbocycles. The number of nitrogens with zero attached hydrogens (tertiary/aromatic N) is 2. The summed E-state index contributed by atoms with van der Waals surface area (Å²) < 4.78 is 0. The Morgan fingerprint density at radius 3 is 2.80 bits per heavy atom. The summed E-state index contributed by atoms with van der Waals surface area (Å²) in [7, 11) is 0. The van der Waals surface area contributed by atoms with Crippen LogP contribution in [0.4, 0.5) is 5.13 Å². The molecule has 1 aliphatic rings. The second-order valence-corrected chi connectivity index (χ2v) is 5.22. The minimum absolute atomic E-state index is 0.202. The van der Waals surface area contributed by atoms with Crippen molar-refractivity contribution in [1.82, 2.24) is 4.98 Å². The van der Waals surface area contributed by atoms with E-state index in [1.54, 1.807) is 0 Å². The number of nitrogens with one attached hydrogen (secondary N) is 1. The fraction of sp³-hybridized carbons (Fsp3) is 0.600. The lowest BCUT2D eigenvalue weighted by Gasteiger charge is -2.41. The van der Waals surface area contributed by atoms with Crippen molar-refractivity contribution in [1.29, 1.82) is 5.26 Å². The molecule has 0 amide bonds. The molecule has 0 unspecified atom stereocenters. The monoisotopic (exact) mass is 241 g/mol. The first-order chi connectivity index (χ1) is 7.19. The molecule has 0 aromatic carbocycles. The van der Waals surface area contributed by atoms with Gasteiger partial charge in [-0.3, -0.25) is 0 Å². The van der Waals surface area contributed by atoms with E-state index in [1.807, 2.05) is 6.07 Å². The van der Waals surface area contributed by atoms with Gasteiger partial charge in [0, 0.05) is 5.54 Å². The van der Waals surface area contributed by atoms with E-state index in [0.29, 0.717) is 10.0 Å². The van der Waals surface area contributed by atoms with Gasteiger partial charge >= 0.3 is 0 Å². The maximum absolute atomic E-state index is 8.77. The van der Waals surface area contributed by atoms with E-state index in [4.69, 9.17) is 16.9 Å². The highest BCUT2D eigenvalue weighted by Gasteiger charge is 2.35. The SMILES string of the molecule is CCC1(Nc2nc(Cl)c(C#N)s2)CCC1. The number of thiazole rings is 1. The molecule has 1 fully saturated rings. The molecule has 2 rings (SSSR count). The summed E-state index contributed by atoms with van der Waals surface area (Å²) in [4.78, 5) is 4.64. The average Bonchev–Trinajstić information content (AvgIpc) is 2.52. The molecule has 15 heavy (non-hydrogen) atoms. The lowest BCUT2D eigenvalue weighted by Crippen LogP contribution is -2.44. The molecule has 0 saturated heterocycles. The molecule has 5 heteroatoms. The highest BCUT2D eigenvalue weighted by atomic mass is 35.5. The number of anilines is 1. The maximum Gasteiger partial charge on any atom is 0.185 e. The van der Waals surface area contributed by atoms with Crippen LogP contribution in [0.5, 0.6) is 0 Å². The molecule has 1 N–H and O–H groups in total. The smallest absolute Gasteiger partial charge is 0.185 e. The van der Waals surface area contributed by atoms with E-state index in [9.17, 15) is 0 Å². The third kappa shape index (κ3) is 1.95. The molecule has 1 aromatic rings. The molecule has 1 aromatic heterocycles. The van der Waals surface area contributed by atoms with Gasteiger partial charge in [0.25, 0.3) is 0 Å². The van der Waals surface area contributed by atoms with Crippen molar-refractivity contribution >= 4 is 28.1 Å². The summed E-state index contributed by atoms with van der Waals surface area (Å²) in [5.74, 6) is 0. The molecule has 0 atom stereocenters. The Bertz CT molecular complexity index is 398. The Balaban J connectivity index is 2.14. The third-order valence-electron chi connectivity index (χ3n) is 3.05. The number of halogens is 1. The fourth-order valence-electron chi connectivity index (χ4n) is 1.82. The van der Waals surface area contributed by atoms with Crippen molar-refractivity contribution in [2.75, 3.05) is 5.32 Å². The molecule has 0 bridgehead atoms. The van der Waals surface area contributed by atoms with Crippen LogP contribution in [0.1, 0.15) is 37.5 Å². The Morgan fingerprint density at radius 1 is 1.67 bits per heavy atom. The van der Waals surface area contributed by atoms with Crippen molar-refractivity contribution in [3.63, 3.8) is 0 Å². The van der Waals surface area contributed by atoms with Crippen molar-refractivity contribution in [3.8, 4) is 6.07 Å². The second kappa shape index (κ2) is 3.99. The van der Waals surface area contributed by atoms with E-state index < -0.39 is 0 Å². The van der Waals surface area contributed by atoms with Crippen molar-refractivity contribution in [2.45, 2.75) is 38.1 Å². The number of hydrogen-bond acceptors (Lipinski definition) is 4. The predicted molar refractivity (Wildman–Crippen MR) is 62.3 cm³/mol. The number of aromatic nitrogens is 1. The number of rotatable bonds is 3. The van der Waals surface area contributed by atoms with Gasteiger partial charge < -0.3 is 5.32 Å². The molecule has 0 spiro atoms. The topological polar surface area (TPSA) is 48.7 Å². The van der Waals surface area contributed by atoms with Crippen LogP contribution >= 0.6 is 22.9 Å². The summed E-state index contributed by atoms with van der Waals surface area (Å²) in [5.41, 5.74) is 0.202. The molecule has 1 aliphatic carbocycles. The van der Waals surface area contributed by atoms with Crippen LogP contribution in [0, 0.1) is 11.3 Å². The molecule has 80 valence electrons. The summed E-state index contributed by atoms with van der Waals surface area (Å²) in [6, 6.07) is 2.04. The standard InChI is InChI=1S/C10H12ClN3S/c1-2-10(4-3-5-10)14-9-13-8(11)7(6-12)15-9/h2-5H2,1H3,(H,13,14). The van der Waals surface area contributed by atoms with Crippen molar-refractivity contribution in [2.24, 2.45) is 0 Å². The van der Waals surface area contributed by atoms with Crippen LogP contribution in [0.3, 0.4) is 0 Å². The first-order valence-electron chi connectivity index (χ1n) is 5.04. The van der Waals surface area contributed by atoms with Gasteiger partial charge in [0.15, 0.2) is 10.3 Å². The van der Waals surface area contributed by atoms with Gasteiger partial charge in [0.1, 0.15) is 10.9 Å². The van der Waals surface area contributed by atoms with Crippen LogP contribution in [0.2, 0.25) is 5.15 Å². The van der Waals surface area contributed by atoms with Crippen LogP contribution in [-0.4, -0.2) is 10.5 Å². The summed E-state index contributed by atoms with van der Waals surface area (Å²) in [6.45, 7) is 2.17. The quantitative estimate of drug-likeness (QED) is 0.882. The molecular formula is C10H12ClN3S. The third-order valence-corrected chi connectivity index (χ3v) is 4.31. The van der Waals surface area contributed by atoms with Crippen molar-refractivity contribution in [3.05, 3.63) is 10.0 Å². The minimum atomic E-state index is 0.202. The number of hydrogen-bond donors (Lipinski definition) is 1. The van der Waals surface area contributed by atoms with Crippen molar-refractivity contribution < 1.29 is 0 Å². The van der Waals surface area contributed by atoms with Crippen LogP contribution in [0.25, 0.3) is 0 Å². The largest absolute Gasteiger partial charge is 0.356 e. The fourth-order valence-corrected chi connectivity index (χ4v) is 2.89. The van der Waals surface area contributed by atoms with Gasteiger partial charge in [-0.15, -0.1) is 0 Å². The minimum Gasteiger partial charge on any atom is -0.356 e. The molecule has 0 aliphatic heterocycles. The van der Waals surface area contributed by atoms with Gasteiger partial charge in [0.05, 0.1) is 0 Å². The molecule has 1 heterocycles. The Hall–Kier alpha value is -0.790. The lowest BCUT2D eigenvalue weighted by atomic mass is 9.75. The summed E-state index contributed by atoms with van der Waals surface area (Å²) in [6.07, 6.45) is 4.72. The van der Waals surface area contributed by atoms with E-state index >= 15 is 0 Å². The zero-order valence-corrected chi connectivity index (χ0v) is 10.1. The predicted octanol–water partition coefficient (Wildman–Crippen LogP) is 3.41. The summed E-state index contributed by atoms with van der Waals surface area (Å²) >= 11 is 7.15. The lowest BCUT2D eigenvalue weighted by molar-refractivity contribution is 0.269. The Kier molecular flexibility index (Phi) is 2.85. The normalized spacial score (nSPS) is 17.9. The van der Waals surface area contributed by atoms with Crippen LogP contribution < -0.4 is 5.32 Å². The van der Waals surface area contributed by atoms with E-state index in [1.165, 1.54) is 30.6 Å². The van der Waals surface area contributed by atoms with E-state index in [2.05, 4.69) is 17.2 Å². The van der Waals surface area contributed by atoms with E-state index in [-0.39, 0.29) is 5.54 Å².